The zero-order valence-corrected chi connectivity index (χ0v) is 19.4. The number of nitriles is 1. The SMILES string of the molecule is CCc1cc2cc(-c3ccc(C(=O)N4CCC(F)(F)CC4)cc3)cc(-c3cccc(C#N)c3)c2o1. The fourth-order valence-electron chi connectivity index (χ4n) is 4.54. The van der Waals surface area contributed by atoms with Crippen LogP contribution >= 0.6 is 0 Å². The molecule has 1 saturated heterocycles. The summed E-state index contributed by atoms with van der Waals surface area (Å²) in [6, 6.07) is 23.0. The molecule has 0 spiro atoms. The summed E-state index contributed by atoms with van der Waals surface area (Å²) in [4.78, 5) is 14.3. The molecule has 2 heterocycles. The van der Waals surface area contributed by atoms with E-state index in [0.29, 0.717) is 11.1 Å². The molecule has 4 nitrogen and oxygen atoms in total. The first-order valence-electron chi connectivity index (χ1n) is 11.7. The lowest BCUT2D eigenvalue weighted by molar-refractivity contribution is -0.0494. The van der Waals surface area contributed by atoms with Crippen molar-refractivity contribution in [3.63, 3.8) is 0 Å². The molecular formula is C29H24F2N2O2. The molecule has 0 unspecified atom stereocenters. The van der Waals surface area contributed by atoms with Gasteiger partial charge in [0.1, 0.15) is 11.3 Å². The second kappa shape index (κ2) is 8.99. The van der Waals surface area contributed by atoms with Crippen molar-refractivity contribution in [2.45, 2.75) is 32.1 Å². The molecule has 4 aromatic rings. The van der Waals surface area contributed by atoms with Crippen LogP contribution in [0.5, 0.6) is 0 Å². The van der Waals surface area contributed by atoms with Crippen LogP contribution in [0.2, 0.25) is 0 Å². The van der Waals surface area contributed by atoms with Crippen LogP contribution in [0.15, 0.2) is 71.1 Å². The van der Waals surface area contributed by atoms with Crippen LogP contribution in [0.1, 0.15) is 41.4 Å². The predicted molar refractivity (Wildman–Crippen MR) is 131 cm³/mol. The van der Waals surface area contributed by atoms with E-state index in [9.17, 15) is 18.8 Å². The lowest BCUT2D eigenvalue weighted by Gasteiger charge is -2.31. The van der Waals surface area contributed by atoms with Gasteiger partial charge in [-0.2, -0.15) is 5.26 Å². The largest absolute Gasteiger partial charge is 0.460 e. The van der Waals surface area contributed by atoms with E-state index in [1.54, 1.807) is 18.2 Å². The number of hydrogen-bond acceptors (Lipinski definition) is 3. The number of benzene rings is 3. The van der Waals surface area contributed by atoms with Crippen molar-refractivity contribution in [1.82, 2.24) is 4.90 Å². The summed E-state index contributed by atoms with van der Waals surface area (Å²) in [6.07, 6.45) is 0.176. The Morgan fingerprint density at radius 2 is 1.74 bits per heavy atom. The number of amides is 1. The van der Waals surface area contributed by atoms with E-state index in [1.807, 2.05) is 49.4 Å². The highest BCUT2D eigenvalue weighted by atomic mass is 19.3. The third kappa shape index (κ3) is 4.54. The second-order valence-corrected chi connectivity index (χ2v) is 8.93. The fourth-order valence-corrected chi connectivity index (χ4v) is 4.54. The number of alkyl halides is 2. The summed E-state index contributed by atoms with van der Waals surface area (Å²) in [5.41, 5.74) is 5.49. The van der Waals surface area contributed by atoms with E-state index >= 15 is 0 Å². The summed E-state index contributed by atoms with van der Waals surface area (Å²) in [5.74, 6) is -2.03. The third-order valence-corrected chi connectivity index (χ3v) is 6.57. The third-order valence-electron chi connectivity index (χ3n) is 6.57. The van der Waals surface area contributed by atoms with E-state index in [2.05, 4.69) is 12.1 Å². The number of halogens is 2. The van der Waals surface area contributed by atoms with E-state index in [1.165, 1.54) is 4.90 Å². The smallest absolute Gasteiger partial charge is 0.253 e. The van der Waals surface area contributed by atoms with Crippen LogP contribution in [-0.2, 0) is 6.42 Å². The van der Waals surface area contributed by atoms with Gasteiger partial charge in [0.15, 0.2) is 0 Å². The highest BCUT2D eigenvalue weighted by Crippen LogP contribution is 2.36. The normalized spacial score (nSPS) is 15.2. The van der Waals surface area contributed by atoms with Crippen LogP contribution in [0, 0.1) is 11.3 Å². The number of carbonyl (C=O) groups excluding carboxylic acids is 1. The molecule has 6 heteroatoms. The molecule has 35 heavy (non-hydrogen) atoms. The monoisotopic (exact) mass is 470 g/mol. The minimum atomic E-state index is -2.69. The topological polar surface area (TPSA) is 57.2 Å². The molecule has 1 aliphatic heterocycles. The lowest BCUT2D eigenvalue weighted by Crippen LogP contribution is -2.42. The number of likely N-dealkylation sites (tertiary alicyclic amines) is 1. The summed E-state index contributed by atoms with van der Waals surface area (Å²) in [7, 11) is 0. The lowest BCUT2D eigenvalue weighted by atomic mass is 9.95. The molecule has 0 saturated carbocycles. The average molecular weight is 471 g/mol. The highest BCUT2D eigenvalue weighted by Gasteiger charge is 2.35. The van der Waals surface area contributed by atoms with Gasteiger partial charge < -0.3 is 9.32 Å². The molecule has 0 aliphatic carbocycles. The number of carbonyl (C=O) groups is 1. The molecule has 3 aromatic carbocycles. The zero-order chi connectivity index (χ0) is 24.6. The van der Waals surface area contributed by atoms with Gasteiger partial charge in [0, 0.05) is 48.9 Å². The maximum absolute atomic E-state index is 13.5. The second-order valence-electron chi connectivity index (χ2n) is 8.93. The Balaban J connectivity index is 1.50. The van der Waals surface area contributed by atoms with Crippen LogP contribution in [0.3, 0.4) is 0 Å². The first-order chi connectivity index (χ1) is 16.9. The summed E-state index contributed by atoms with van der Waals surface area (Å²) >= 11 is 0. The molecule has 176 valence electrons. The maximum atomic E-state index is 13.5. The molecule has 1 aromatic heterocycles. The molecule has 0 N–H and O–H groups in total. The first-order valence-corrected chi connectivity index (χ1v) is 11.7. The van der Waals surface area contributed by atoms with Gasteiger partial charge >= 0.3 is 0 Å². The molecule has 1 fully saturated rings. The Bertz CT molecular complexity index is 1440. The Morgan fingerprint density at radius 1 is 1.00 bits per heavy atom. The van der Waals surface area contributed by atoms with Crippen molar-refractivity contribution in [2.75, 3.05) is 13.1 Å². The van der Waals surface area contributed by atoms with Crippen molar-refractivity contribution in [3.05, 3.63) is 83.6 Å². The van der Waals surface area contributed by atoms with Gasteiger partial charge in [-0.3, -0.25) is 4.79 Å². The van der Waals surface area contributed by atoms with E-state index < -0.39 is 5.92 Å². The van der Waals surface area contributed by atoms with E-state index in [-0.39, 0.29) is 31.8 Å². The number of piperidine rings is 1. The summed E-state index contributed by atoms with van der Waals surface area (Å²) in [5, 5.41) is 10.3. The van der Waals surface area contributed by atoms with Gasteiger partial charge in [-0.05, 0) is 59.2 Å². The van der Waals surface area contributed by atoms with E-state index in [4.69, 9.17) is 4.42 Å². The quantitative estimate of drug-likeness (QED) is 0.320. The number of fused-ring (bicyclic) bond motifs is 1. The van der Waals surface area contributed by atoms with Gasteiger partial charge in [-0.25, -0.2) is 8.78 Å². The van der Waals surface area contributed by atoms with Crippen LogP contribution < -0.4 is 0 Å². The number of furan rings is 1. The molecule has 5 rings (SSSR count). The Kier molecular flexibility index (Phi) is 5.86. The van der Waals surface area contributed by atoms with Gasteiger partial charge in [-0.15, -0.1) is 0 Å². The molecule has 0 atom stereocenters. The molecular weight excluding hydrogens is 446 g/mol. The number of nitrogens with zero attached hydrogens (tertiary/aromatic N) is 2. The highest BCUT2D eigenvalue weighted by molar-refractivity contribution is 5.98. The van der Waals surface area contributed by atoms with Crippen molar-refractivity contribution < 1.29 is 18.0 Å². The van der Waals surface area contributed by atoms with Crippen molar-refractivity contribution in [3.8, 4) is 28.3 Å². The number of hydrogen-bond donors (Lipinski definition) is 0. The van der Waals surface area contributed by atoms with Gasteiger partial charge in [0.25, 0.3) is 11.8 Å². The maximum Gasteiger partial charge on any atom is 0.253 e. The van der Waals surface area contributed by atoms with E-state index in [0.717, 1.165) is 45.4 Å². The predicted octanol–water partition coefficient (Wildman–Crippen LogP) is 7.07. The Morgan fingerprint density at radius 3 is 2.43 bits per heavy atom. The van der Waals surface area contributed by atoms with Crippen LogP contribution in [0.4, 0.5) is 8.78 Å². The molecule has 0 radical (unpaired) electrons. The fraction of sp³-hybridized carbons (Fsp3) is 0.241. The minimum Gasteiger partial charge on any atom is -0.460 e. The standard InChI is InChI=1S/C29H24F2N2O2/c1-2-25-16-24-15-23(17-26(27(24)35-25)22-5-3-4-19(14-22)18-32)20-6-8-21(9-7-20)28(34)33-12-10-29(30,31)11-13-33/h3-9,14-17H,2,10-13H2,1H3. The van der Waals surface area contributed by atoms with Gasteiger partial charge in [0.2, 0.25) is 0 Å². The number of rotatable bonds is 4. The molecule has 1 amide bonds. The first kappa shape index (κ1) is 22.8. The van der Waals surface area contributed by atoms with Gasteiger partial charge in [0.05, 0.1) is 11.6 Å². The molecule has 0 bridgehead atoms. The summed E-state index contributed by atoms with van der Waals surface area (Å²) in [6.45, 7) is 2.17. The van der Waals surface area contributed by atoms with Crippen molar-refractivity contribution in [1.29, 1.82) is 5.26 Å². The average Bonchev–Trinajstić information content (AvgIpc) is 3.31. The minimum absolute atomic E-state index is 0.0651. The van der Waals surface area contributed by atoms with Crippen molar-refractivity contribution in [2.24, 2.45) is 0 Å². The zero-order valence-electron chi connectivity index (χ0n) is 19.4. The van der Waals surface area contributed by atoms with Gasteiger partial charge in [-0.1, -0.05) is 31.2 Å². The van der Waals surface area contributed by atoms with Crippen molar-refractivity contribution >= 4 is 16.9 Å². The number of aryl methyl sites for hydroxylation is 1. The Labute approximate surface area is 202 Å². The van der Waals surface area contributed by atoms with Crippen LogP contribution in [0.25, 0.3) is 33.2 Å². The molecule has 1 aliphatic rings. The van der Waals surface area contributed by atoms with Crippen LogP contribution in [-0.4, -0.2) is 29.8 Å². The summed E-state index contributed by atoms with van der Waals surface area (Å²) < 4.78 is 33.0. The Hall–Kier alpha value is -3.98.